The van der Waals surface area contributed by atoms with Gasteiger partial charge in [-0.1, -0.05) is 53.4 Å². The van der Waals surface area contributed by atoms with Crippen LogP contribution in [-0.2, 0) is 11.3 Å². The zero-order valence-corrected chi connectivity index (χ0v) is 18.2. The molecular formula is C20H22N4O3S2. The Morgan fingerprint density at radius 2 is 1.97 bits per heavy atom. The molecule has 0 amide bonds. The lowest BCUT2D eigenvalue weighted by atomic mass is 10.1. The summed E-state index contributed by atoms with van der Waals surface area (Å²) < 4.78 is 5.51. The van der Waals surface area contributed by atoms with Crippen molar-refractivity contribution >= 4 is 40.0 Å². The van der Waals surface area contributed by atoms with Crippen molar-refractivity contribution in [3.05, 3.63) is 58.4 Å². The molecule has 0 radical (unpaired) electrons. The molecule has 1 aromatic carbocycles. The maximum absolute atomic E-state index is 12.9. The van der Waals surface area contributed by atoms with Gasteiger partial charge in [0.25, 0.3) is 0 Å². The van der Waals surface area contributed by atoms with Gasteiger partial charge in [-0.2, -0.15) is 0 Å². The summed E-state index contributed by atoms with van der Waals surface area (Å²) in [7, 11) is 1.33. The topological polar surface area (TPSA) is 97.0 Å². The summed E-state index contributed by atoms with van der Waals surface area (Å²) in [6, 6.07) is 10.0. The Balaban J connectivity index is 1.65. The molecule has 152 valence electrons. The van der Waals surface area contributed by atoms with Gasteiger partial charge in [-0.3, -0.25) is 4.79 Å². The standard InChI is InChI=1S/C20H22N4O3S2/c1-11-15(18(26)27-4)12(2)22-16(11)17(25)13(3)28-20-24-23-19(29-20)21-10-14-8-6-5-7-9-14/h5-9,13,22H,10H2,1-4H3,(H,21,23). The summed E-state index contributed by atoms with van der Waals surface area (Å²) in [5, 5.41) is 11.9. The van der Waals surface area contributed by atoms with Crippen LogP contribution in [0, 0.1) is 13.8 Å². The number of aromatic amines is 1. The molecule has 1 unspecified atom stereocenters. The van der Waals surface area contributed by atoms with E-state index in [1.807, 2.05) is 37.3 Å². The normalized spacial score (nSPS) is 11.9. The fourth-order valence-electron chi connectivity index (χ4n) is 2.92. The van der Waals surface area contributed by atoms with Gasteiger partial charge in [-0.25, -0.2) is 4.79 Å². The molecule has 9 heteroatoms. The van der Waals surface area contributed by atoms with Crippen molar-refractivity contribution in [3.63, 3.8) is 0 Å². The van der Waals surface area contributed by atoms with Crippen molar-refractivity contribution in [2.24, 2.45) is 0 Å². The minimum atomic E-state index is -0.450. The fraction of sp³-hybridized carbons (Fsp3) is 0.300. The molecule has 29 heavy (non-hydrogen) atoms. The van der Waals surface area contributed by atoms with Crippen molar-refractivity contribution < 1.29 is 14.3 Å². The highest BCUT2D eigenvalue weighted by molar-refractivity contribution is 8.02. The van der Waals surface area contributed by atoms with Crippen LogP contribution < -0.4 is 5.32 Å². The Labute approximate surface area is 177 Å². The van der Waals surface area contributed by atoms with Gasteiger partial charge in [0.2, 0.25) is 5.13 Å². The number of carbonyl (C=O) groups is 2. The average Bonchev–Trinajstić information content (AvgIpc) is 3.29. The number of H-pyrrole nitrogens is 1. The molecule has 0 bridgehead atoms. The van der Waals surface area contributed by atoms with E-state index in [-0.39, 0.29) is 11.0 Å². The molecule has 7 nitrogen and oxygen atoms in total. The van der Waals surface area contributed by atoms with Gasteiger partial charge in [-0.15, -0.1) is 10.2 Å². The molecule has 0 aliphatic rings. The molecule has 2 aromatic heterocycles. The number of thioether (sulfide) groups is 1. The summed E-state index contributed by atoms with van der Waals surface area (Å²) in [5.74, 6) is -0.548. The number of benzene rings is 1. The summed E-state index contributed by atoms with van der Waals surface area (Å²) >= 11 is 2.75. The number of Topliss-reactive ketones (excluding diaryl/α,β-unsaturated/α-hetero) is 1. The largest absolute Gasteiger partial charge is 0.465 e. The van der Waals surface area contributed by atoms with Crippen LogP contribution >= 0.6 is 23.1 Å². The molecular weight excluding hydrogens is 408 g/mol. The van der Waals surface area contributed by atoms with Crippen LogP contribution in [0.3, 0.4) is 0 Å². The summed E-state index contributed by atoms with van der Waals surface area (Å²) in [5.41, 5.74) is 3.22. The van der Waals surface area contributed by atoms with E-state index in [0.29, 0.717) is 38.5 Å². The minimum Gasteiger partial charge on any atom is -0.465 e. The second-order valence-corrected chi connectivity index (χ2v) is 9.02. The molecule has 2 heterocycles. The lowest BCUT2D eigenvalue weighted by Gasteiger charge is -2.07. The van der Waals surface area contributed by atoms with E-state index in [0.717, 1.165) is 5.56 Å². The quantitative estimate of drug-likeness (QED) is 0.313. The van der Waals surface area contributed by atoms with Crippen LogP contribution in [0.15, 0.2) is 34.7 Å². The van der Waals surface area contributed by atoms with Crippen molar-refractivity contribution in [1.82, 2.24) is 15.2 Å². The van der Waals surface area contributed by atoms with Crippen LogP contribution in [0.5, 0.6) is 0 Å². The molecule has 0 spiro atoms. The number of aromatic nitrogens is 3. The number of hydrogen-bond acceptors (Lipinski definition) is 8. The third-order valence-corrected chi connectivity index (χ3v) is 6.48. The second-order valence-electron chi connectivity index (χ2n) is 6.45. The van der Waals surface area contributed by atoms with E-state index in [4.69, 9.17) is 4.74 Å². The number of methoxy groups -OCH3 is 1. The van der Waals surface area contributed by atoms with Crippen LogP contribution in [0.2, 0.25) is 0 Å². The Morgan fingerprint density at radius 3 is 2.66 bits per heavy atom. The van der Waals surface area contributed by atoms with Crippen molar-refractivity contribution in [3.8, 4) is 0 Å². The maximum atomic E-state index is 12.9. The lowest BCUT2D eigenvalue weighted by molar-refractivity contribution is 0.0599. The highest BCUT2D eigenvalue weighted by atomic mass is 32.2. The molecule has 0 fully saturated rings. The van der Waals surface area contributed by atoms with Gasteiger partial charge >= 0.3 is 5.97 Å². The smallest absolute Gasteiger partial charge is 0.339 e. The molecule has 0 aliphatic carbocycles. The van der Waals surface area contributed by atoms with Crippen LogP contribution in [0.4, 0.5) is 5.13 Å². The predicted octanol–water partition coefficient (Wildman–Crippen LogP) is 4.25. The van der Waals surface area contributed by atoms with Crippen LogP contribution in [-0.4, -0.2) is 39.3 Å². The number of esters is 1. The van der Waals surface area contributed by atoms with E-state index in [9.17, 15) is 9.59 Å². The highest BCUT2D eigenvalue weighted by Gasteiger charge is 2.26. The fourth-order valence-corrected chi connectivity index (χ4v) is 4.87. The predicted molar refractivity (Wildman–Crippen MR) is 115 cm³/mol. The first kappa shape index (κ1) is 21.1. The Kier molecular flexibility index (Phi) is 6.71. The van der Waals surface area contributed by atoms with E-state index >= 15 is 0 Å². The number of ketones is 1. The van der Waals surface area contributed by atoms with E-state index in [1.54, 1.807) is 13.8 Å². The summed E-state index contributed by atoms with van der Waals surface area (Å²) in [6.45, 7) is 5.98. The van der Waals surface area contributed by atoms with E-state index in [1.165, 1.54) is 30.2 Å². The Morgan fingerprint density at radius 1 is 1.24 bits per heavy atom. The number of nitrogens with one attached hydrogen (secondary N) is 2. The number of anilines is 1. The van der Waals surface area contributed by atoms with Gasteiger partial charge in [0, 0.05) is 12.2 Å². The first-order valence-corrected chi connectivity index (χ1v) is 10.7. The third-order valence-electron chi connectivity index (χ3n) is 4.41. The maximum Gasteiger partial charge on any atom is 0.339 e. The van der Waals surface area contributed by atoms with Crippen molar-refractivity contribution in [1.29, 1.82) is 0 Å². The zero-order valence-electron chi connectivity index (χ0n) is 16.6. The summed E-state index contributed by atoms with van der Waals surface area (Å²) in [6.07, 6.45) is 0. The number of hydrogen-bond donors (Lipinski definition) is 2. The van der Waals surface area contributed by atoms with Gasteiger partial charge in [0.1, 0.15) is 0 Å². The SMILES string of the molecule is COC(=O)c1c(C)[nH]c(C(=O)C(C)Sc2nnc(NCc3ccccc3)s2)c1C. The number of aryl methyl sites for hydroxylation is 1. The Bertz CT molecular complexity index is 1010. The minimum absolute atomic E-state index is 0.0975. The molecule has 3 rings (SSSR count). The van der Waals surface area contributed by atoms with Crippen molar-refractivity contribution in [2.75, 3.05) is 12.4 Å². The second kappa shape index (κ2) is 9.23. The zero-order chi connectivity index (χ0) is 21.0. The van der Waals surface area contributed by atoms with Gasteiger partial charge in [0.15, 0.2) is 10.1 Å². The van der Waals surface area contributed by atoms with Crippen LogP contribution in [0.25, 0.3) is 0 Å². The van der Waals surface area contributed by atoms with Crippen LogP contribution in [0.1, 0.15) is 44.6 Å². The molecule has 0 saturated heterocycles. The van der Waals surface area contributed by atoms with Gasteiger partial charge in [0.05, 0.1) is 23.6 Å². The number of ether oxygens (including phenoxy) is 1. The monoisotopic (exact) mass is 430 g/mol. The highest BCUT2D eigenvalue weighted by Crippen LogP contribution is 2.31. The molecule has 0 saturated carbocycles. The Hall–Kier alpha value is -2.65. The number of nitrogens with zero attached hydrogens (tertiary/aromatic N) is 2. The first-order chi connectivity index (χ1) is 13.9. The molecule has 2 N–H and O–H groups in total. The average molecular weight is 431 g/mol. The summed E-state index contributed by atoms with van der Waals surface area (Å²) in [4.78, 5) is 27.9. The first-order valence-electron chi connectivity index (χ1n) is 9.00. The van der Waals surface area contributed by atoms with E-state index in [2.05, 4.69) is 20.5 Å². The van der Waals surface area contributed by atoms with Gasteiger partial charge in [-0.05, 0) is 31.9 Å². The lowest BCUT2D eigenvalue weighted by Crippen LogP contribution is -2.15. The molecule has 0 aliphatic heterocycles. The van der Waals surface area contributed by atoms with E-state index < -0.39 is 5.97 Å². The van der Waals surface area contributed by atoms with Crippen molar-refractivity contribution in [2.45, 2.75) is 36.9 Å². The number of carbonyl (C=O) groups excluding carboxylic acids is 2. The number of rotatable bonds is 8. The molecule has 3 aromatic rings. The third kappa shape index (κ3) is 4.86. The van der Waals surface area contributed by atoms with Gasteiger partial charge < -0.3 is 15.0 Å². The molecule has 1 atom stereocenters.